The Morgan fingerprint density at radius 3 is 2.47 bits per heavy atom. The maximum absolute atomic E-state index is 11.6. The molecule has 0 aliphatic heterocycles. The summed E-state index contributed by atoms with van der Waals surface area (Å²) in [7, 11) is 0. The van der Waals surface area contributed by atoms with Crippen molar-refractivity contribution in [1.82, 2.24) is 5.32 Å². The molecule has 3 nitrogen and oxygen atoms in total. The third kappa shape index (κ3) is 4.72. The summed E-state index contributed by atoms with van der Waals surface area (Å²) >= 11 is 0. The summed E-state index contributed by atoms with van der Waals surface area (Å²) in [6, 6.07) is 7.38. The largest absolute Gasteiger partial charge is 0.399 e. The van der Waals surface area contributed by atoms with Crippen LogP contribution in [0.3, 0.4) is 0 Å². The summed E-state index contributed by atoms with van der Waals surface area (Å²) in [5.41, 5.74) is 7.10. The molecule has 0 aromatic heterocycles. The quantitative estimate of drug-likeness (QED) is 0.619. The van der Waals surface area contributed by atoms with Gasteiger partial charge < -0.3 is 11.1 Å². The van der Waals surface area contributed by atoms with Crippen LogP contribution in [0.1, 0.15) is 32.8 Å². The fourth-order valence-corrected chi connectivity index (χ4v) is 1.24. The van der Waals surface area contributed by atoms with E-state index in [1.165, 1.54) is 0 Å². The number of nitrogens with two attached hydrogens (primary N) is 1. The van der Waals surface area contributed by atoms with Gasteiger partial charge in [-0.15, -0.1) is 0 Å². The molecule has 92 valence electrons. The highest BCUT2D eigenvalue weighted by Gasteiger charge is 2.15. The summed E-state index contributed by atoms with van der Waals surface area (Å²) in [6.07, 6.45) is 4.22. The highest BCUT2D eigenvalue weighted by molar-refractivity contribution is 5.92. The number of benzene rings is 1. The number of nitrogen functional groups attached to an aromatic ring is 1. The smallest absolute Gasteiger partial charge is 0.244 e. The molecule has 3 heteroatoms. The molecule has 0 aliphatic rings. The van der Waals surface area contributed by atoms with Crippen molar-refractivity contribution in [3.63, 3.8) is 0 Å². The van der Waals surface area contributed by atoms with Crippen LogP contribution < -0.4 is 11.1 Å². The van der Waals surface area contributed by atoms with Crippen LogP contribution in [0.4, 0.5) is 5.69 Å². The molecule has 0 aliphatic carbocycles. The minimum atomic E-state index is -0.164. The second kappa shape index (κ2) is 5.53. The highest BCUT2D eigenvalue weighted by Crippen LogP contribution is 2.08. The molecule has 3 N–H and O–H groups in total. The predicted octanol–water partition coefficient (Wildman–Crippen LogP) is 2.59. The first kappa shape index (κ1) is 13.3. The van der Waals surface area contributed by atoms with Gasteiger partial charge in [0.1, 0.15) is 0 Å². The van der Waals surface area contributed by atoms with Crippen molar-refractivity contribution in [2.75, 3.05) is 5.73 Å². The van der Waals surface area contributed by atoms with E-state index in [-0.39, 0.29) is 11.4 Å². The van der Waals surface area contributed by atoms with Gasteiger partial charge in [-0.25, -0.2) is 0 Å². The second-order valence-electron chi connectivity index (χ2n) is 4.73. The monoisotopic (exact) mass is 232 g/mol. The van der Waals surface area contributed by atoms with Gasteiger partial charge in [0.2, 0.25) is 5.91 Å². The first-order chi connectivity index (χ1) is 7.93. The molecular weight excluding hydrogens is 212 g/mol. The number of nitrogens with one attached hydrogen (secondary N) is 1. The van der Waals surface area contributed by atoms with Gasteiger partial charge in [0, 0.05) is 17.3 Å². The van der Waals surface area contributed by atoms with Crippen molar-refractivity contribution >= 4 is 17.7 Å². The zero-order valence-corrected chi connectivity index (χ0v) is 10.7. The normalized spacial score (nSPS) is 11.7. The topological polar surface area (TPSA) is 55.1 Å². The number of hydrogen-bond acceptors (Lipinski definition) is 2. The second-order valence-corrected chi connectivity index (χ2v) is 4.73. The Hall–Kier alpha value is -1.77. The molecule has 1 rings (SSSR count). The number of anilines is 1. The van der Waals surface area contributed by atoms with E-state index in [9.17, 15) is 4.79 Å². The minimum absolute atomic E-state index is 0.0753. The van der Waals surface area contributed by atoms with Crippen LogP contribution in [0.2, 0.25) is 0 Å². The average Bonchev–Trinajstić information content (AvgIpc) is 2.28. The zero-order valence-electron chi connectivity index (χ0n) is 10.7. The van der Waals surface area contributed by atoms with Gasteiger partial charge in [0.15, 0.2) is 0 Å². The minimum Gasteiger partial charge on any atom is -0.399 e. The summed E-state index contributed by atoms with van der Waals surface area (Å²) in [4.78, 5) is 11.6. The molecule has 0 atom stereocenters. The number of carbonyl (C=O) groups excluding carboxylic acids is 1. The van der Waals surface area contributed by atoms with Crippen LogP contribution in [-0.4, -0.2) is 11.4 Å². The lowest BCUT2D eigenvalue weighted by Crippen LogP contribution is -2.41. The van der Waals surface area contributed by atoms with Crippen LogP contribution in [0.15, 0.2) is 30.3 Å². The summed E-state index contributed by atoms with van der Waals surface area (Å²) in [5.74, 6) is -0.0753. The first-order valence-electron chi connectivity index (χ1n) is 5.79. The van der Waals surface area contributed by atoms with E-state index in [0.29, 0.717) is 0 Å². The van der Waals surface area contributed by atoms with Crippen molar-refractivity contribution < 1.29 is 4.79 Å². The van der Waals surface area contributed by atoms with Crippen molar-refractivity contribution in [3.8, 4) is 0 Å². The van der Waals surface area contributed by atoms with Crippen molar-refractivity contribution in [1.29, 1.82) is 0 Å². The summed E-state index contributed by atoms with van der Waals surface area (Å²) in [5, 5.41) is 2.94. The van der Waals surface area contributed by atoms with Crippen LogP contribution >= 0.6 is 0 Å². The molecule has 0 radical (unpaired) electrons. The third-order valence-corrected chi connectivity index (χ3v) is 2.71. The summed E-state index contributed by atoms with van der Waals surface area (Å²) < 4.78 is 0. The van der Waals surface area contributed by atoms with Gasteiger partial charge in [0.25, 0.3) is 0 Å². The standard InChI is InChI=1S/C14H20N2O/c1-4-14(2,3)16-13(17)10-7-11-5-8-12(15)9-6-11/h5-10H,4,15H2,1-3H3,(H,16,17)/b10-7+. The maximum atomic E-state index is 11.6. The van der Waals surface area contributed by atoms with E-state index < -0.39 is 0 Å². The Morgan fingerprint density at radius 1 is 1.35 bits per heavy atom. The Kier molecular flexibility index (Phi) is 4.32. The van der Waals surface area contributed by atoms with Crippen LogP contribution in [0, 0.1) is 0 Å². The van der Waals surface area contributed by atoms with Crippen molar-refractivity contribution in [3.05, 3.63) is 35.9 Å². The Balaban J connectivity index is 2.60. The Labute approximate surface area is 103 Å². The van der Waals surface area contributed by atoms with Gasteiger partial charge in [-0.2, -0.15) is 0 Å². The van der Waals surface area contributed by atoms with E-state index in [1.807, 2.05) is 45.0 Å². The fraction of sp³-hybridized carbons (Fsp3) is 0.357. The fourth-order valence-electron chi connectivity index (χ4n) is 1.24. The van der Waals surface area contributed by atoms with Crippen molar-refractivity contribution in [2.45, 2.75) is 32.7 Å². The Bertz CT molecular complexity index is 405. The van der Waals surface area contributed by atoms with Crippen LogP contribution in [0.5, 0.6) is 0 Å². The lowest BCUT2D eigenvalue weighted by Gasteiger charge is -2.23. The van der Waals surface area contributed by atoms with Gasteiger partial charge in [-0.3, -0.25) is 4.79 Å². The molecule has 0 spiro atoms. The van der Waals surface area contributed by atoms with E-state index in [2.05, 4.69) is 5.32 Å². The molecule has 0 saturated heterocycles. The molecule has 0 bridgehead atoms. The molecule has 0 fully saturated rings. The van der Waals surface area contributed by atoms with E-state index >= 15 is 0 Å². The molecule has 0 unspecified atom stereocenters. The molecule has 1 aromatic rings. The van der Waals surface area contributed by atoms with Crippen molar-refractivity contribution in [2.24, 2.45) is 0 Å². The van der Waals surface area contributed by atoms with E-state index in [4.69, 9.17) is 5.73 Å². The first-order valence-corrected chi connectivity index (χ1v) is 5.79. The molecular formula is C14H20N2O. The SMILES string of the molecule is CCC(C)(C)NC(=O)/C=C/c1ccc(N)cc1. The Morgan fingerprint density at radius 2 is 1.94 bits per heavy atom. The van der Waals surface area contributed by atoms with Gasteiger partial charge in [-0.05, 0) is 44.0 Å². The maximum Gasteiger partial charge on any atom is 0.244 e. The molecule has 17 heavy (non-hydrogen) atoms. The number of rotatable bonds is 4. The predicted molar refractivity (Wildman–Crippen MR) is 72.4 cm³/mol. The molecule has 1 aromatic carbocycles. The number of hydrogen-bond donors (Lipinski definition) is 2. The van der Waals surface area contributed by atoms with Crippen LogP contribution in [-0.2, 0) is 4.79 Å². The van der Waals surface area contributed by atoms with Gasteiger partial charge in [0.05, 0.1) is 0 Å². The van der Waals surface area contributed by atoms with Gasteiger partial charge >= 0.3 is 0 Å². The molecule has 1 amide bonds. The number of carbonyl (C=O) groups is 1. The molecule has 0 heterocycles. The average molecular weight is 232 g/mol. The molecule has 0 saturated carbocycles. The highest BCUT2D eigenvalue weighted by atomic mass is 16.1. The third-order valence-electron chi connectivity index (χ3n) is 2.71. The van der Waals surface area contributed by atoms with E-state index in [1.54, 1.807) is 12.2 Å². The van der Waals surface area contributed by atoms with Crippen LogP contribution in [0.25, 0.3) is 6.08 Å². The van der Waals surface area contributed by atoms with Gasteiger partial charge in [-0.1, -0.05) is 19.1 Å². The lowest BCUT2D eigenvalue weighted by atomic mass is 10.0. The van der Waals surface area contributed by atoms with E-state index in [0.717, 1.165) is 17.7 Å². The number of amides is 1. The lowest BCUT2D eigenvalue weighted by molar-refractivity contribution is -0.117. The zero-order chi connectivity index (χ0) is 12.9. The summed E-state index contributed by atoms with van der Waals surface area (Å²) in [6.45, 7) is 6.05.